The Labute approximate surface area is 140 Å². The van der Waals surface area contributed by atoms with Gasteiger partial charge in [-0.05, 0) is 30.2 Å². The van der Waals surface area contributed by atoms with Gasteiger partial charge >= 0.3 is 0 Å². The molecule has 0 radical (unpaired) electrons. The molecule has 122 valence electrons. The van der Waals surface area contributed by atoms with Crippen molar-refractivity contribution in [1.29, 1.82) is 0 Å². The highest BCUT2D eigenvalue weighted by molar-refractivity contribution is 6.30. The summed E-state index contributed by atoms with van der Waals surface area (Å²) in [5, 5.41) is 23.6. The van der Waals surface area contributed by atoms with Crippen LogP contribution in [0.25, 0.3) is 0 Å². The van der Waals surface area contributed by atoms with Gasteiger partial charge in [0.2, 0.25) is 0 Å². The van der Waals surface area contributed by atoms with Crippen LogP contribution in [0, 0.1) is 0 Å². The van der Waals surface area contributed by atoms with Crippen molar-refractivity contribution in [3.05, 3.63) is 70.7 Å². The van der Waals surface area contributed by atoms with Crippen molar-refractivity contribution < 1.29 is 15.0 Å². The fourth-order valence-electron chi connectivity index (χ4n) is 2.26. The third-order valence-electron chi connectivity index (χ3n) is 3.59. The molecule has 0 spiro atoms. The van der Waals surface area contributed by atoms with Gasteiger partial charge in [-0.3, -0.25) is 4.79 Å². The first-order valence-electron chi connectivity index (χ1n) is 7.36. The van der Waals surface area contributed by atoms with Crippen LogP contribution in [0.5, 0.6) is 0 Å². The summed E-state index contributed by atoms with van der Waals surface area (Å²) < 4.78 is 0. The second-order valence-corrected chi connectivity index (χ2v) is 6.15. The summed E-state index contributed by atoms with van der Waals surface area (Å²) in [7, 11) is 0. The second-order valence-electron chi connectivity index (χ2n) is 5.71. The highest BCUT2D eigenvalue weighted by Gasteiger charge is 2.30. The summed E-state index contributed by atoms with van der Waals surface area (Å²) in [6, 6.07) is 16.0. The van der Waals surface area contributed by atoms with E-state index in [4.69, 9.17) is 11.6 Å². The van der Waals surface area contributed by atoms with Gasteiger partial charge < -0.3 is 15.5 Å². The van der Waals surface area contributed by atoms with Crippen LogP contribution >= 0.6 is 11.6 Å². The molecule has 0 aliphatic rings. The number of carbonyl (C=O) groups is 1. The summed E-state index contributed by atoms with van der Waals surface area (Å²) in [5.74, 6) is -0.519. The Morgan fingerprint density at radius 3 is 2.39 bits per heavy atom. The molecule has 0 bridgehead atoms. The summed E-state index contributed by atoms with van der Waals surface area (Å²) in [6.07, 6.45) is -0.653. The molecule has 4 nitrogen and oxygen atoms in total. The molecule has 0 heterocycles. The van der Waals surface area contributed by atoms with Gasteiger partial charge in [0, 0.05) is 18.0 Å². The van der Waals surface area contributed by atoms with E-state index >= 15 is 0 Å². The quantitative estimate of drug-likeness (QED) is 0.760. The number of rotatable bonds is 6. The van der Waals surface area contributed by atoms with Gasteiger partial charge in [-0.15, -0.1) is 0 Å². The zero-order valence-electron chi connectivity index (χ0n) is 12.9. The van der Waals surface area contributed by atoms with E-state index in [-0.39, 0.29) is 13.0 Å². The lowest BCUT2D eigenvalue weighted by Crippen LogP contribution is -2.47. The molecule has 0 aromatic heterocycles. The van der Waals surface area contributed by atoms with Crippen molar-refractivity contribution in [2.45, 2.75) is 25.0 Å². The van der Waals surface area contributed by atoms with E-state index in [9.17, 15) is 15.0 Å². The first kappa shape index (κ1) is 17.5. The first-order valence-corrected chi connectivity index (χ1v) is 7.74. The number of benzene rings is 2. The largest absolute Gasteiger partial charge is 0.387 e. The zero-order valence-corrected chi connectivity index (χ0v) is 13.6. The van der Waals surface area contributed by atoms with Crippen LogP contribution in [-0.4, -0.2) is 28.3 Å². The fourth-order valence-corrected chi connectivity index (χ4v) is 2.38. The molecule has 3 N–H and O–H groups in total. The Hall–Kier alpha value is -1.88. The maximum Gasteiger partial charge on any atom is 0.252 e. The summed E-state index contributed by atoms with van der Waals surface area (Å²) in [5.41, 5.74) is -0.0237. The second kappa shape index (κ2) is 7.59. The third-order valence-corrected chi connectivity index (χ3v) is 3.84. The van der Waals surface area contributed by atoms with E-state index in [1.165, 1.54) is 6.92 Å². The maximum atomic E-state index is 12.2. The fraction of sp³-hybridized carbons (Fsp3) is 0.278. The third kappa shape index (κ3) is 5.06. The van der Waals surface area contributed by atoms with Crippen LogP contribution in [0.4, 0.5) is 0 Å². The molecule has 0 saturated heterocycles. The molecule has 2 atom stereocenters. The van der Waals surface area contributed by atoms with Gasteiger partial charge in [-0.25, -0.2) is 0 Å². The van der Waals surface area contributed by atoms with Crippen LogP contribution in [0.2, 0.25) is 5.02 Å². The van der Waals surface area contributed by atoms with Crippen molar-refractivity contribution in [3.63, 3.8) is 0 Å². The van der Waals surface area contributed by atoms with Gasteiger partial charge in [0.1, 0.15) is 5.60 Å². The summed E-state index contributed by atoms with van der Waals surface area (Å²) in [4.78, 5) is 12.2. The molecular weight excluding hydrogens is 314 g/mol. The number of aliphatic hydroxyl groups excluding tert-OH is 1. The SMILES string of the molecule is C[C@@](O)(Cc1ccccc1)C(=O)NC[C@H](O)c1ccc(Cl)cc1. The van der Waals surface area contributed by atoms with Gasteiger partial charge in [0.25, 0.3) is 5.91 Å². The normalized spacial score (nSPS) is 14.8. The Balaban J connectivity index is 1.91. The van der Waals surface area contributed by atoms with E-state index in [2.05, 4.69) is 5.32 Å². The van der Waals surface area contributed by atoms with Crippen LogP contribution in [-0.2, 0) is 11.2 Å². The minimum absolute atomic E-state index is 0.0193. The lowest BCUT2D eigenvalue weighted by molar-refractivity contribution is -0.138. The summed E-state index contributed by atoms with van der Waals surface area (Å²) >= 11 is 5.80. The van der Waals surface area contributed by atoms with E-state index < -0.39 is 17.6 Å². The number of aliphatic hydroxyl groups is 2. The predicted octanol–water partition coefficient (Wildman–Crippen LogP) is 2.48. The smallest absolute Gasteiger partial charge is 0.252 e. The Kier molecular flexibility index (Phi) is 5.77. The average Bonchev–Trinajstić information content (AvgIpc) is 2.53. The molecule has 1 amide bonds. The molecular formula is C18H20ClNO3. The minimum atomic E-state index is -1.54. The molecule has 0 saturated carbocycles. The molecule has 5 heteroatoms. The standard InChI is InChI=1S/C18H20ClNO3/c1-18(23,11-13-5-3-2-4-6-13)17(22)20-12-16(21)14-7-9-15(19)10-8-14/h2-10,16,21,23H,11-12H2,1H3,(H,20,22)/t16-,18+/m0/s1. The molecule has 0 aliphatic heterocycles. The monoisotopic (exact) mass is 333 g/mol. The molecule has 0 fully saturated rings. The Morgan fingerprint density at radius 2 is 1.78 bits per heavy atom. The minimum Gasteiger partial charge on any atom is -0.387 e. The van der Waals surface area contributed by atoms with Crippen molar-refractivity contribution >= 4 is 17.5 Å². The number of nitrogens with one attached hydrogen (secondary N) is 1. The lowest BCUT2D eigenvalue weighted by Gasteiger charge is -2.23. The maximum absolute atomic E-state index is 12.2. The predicted molar refractivity (Wildman–Crippen MR) is 90.2 cm³/mol. The van der Waals surface area contributed by atoms with Gasteiger partial charge in [0.15, 0.2) is 0 Å². The number of carbonyl (C=O) groups excluding carboxylic acids is 1. The van der Waals surface area contributed by atoms with Crippen LogP contribution in [0.1, 0.15) is 24.2 Å². The Morgan fingerprint density at radius 1 is 1.17 bits per heavy atom. The average molecular weight is 334 g/mol. The number of halogens is 1. The van der Waals surface area contributed by atoms with E-state index in [1.54, 1.807) is 24.3 Å². The number of hydrogen-bond acceptors (Lipinski definition) is 3. The Bertz CT molecular complexity index is 641. The van der Waals surface area contributed by atoms with E-state index in [1.807, 2.05) is 30.3 Å². The number of hydrogen-bond donors (Lipinski definition) is 3. The highest BCUT2D eigenvalue weighted by Crippen LogP contribution is 2.17. The van der Waals surface area contributed by atoms with Crippen molar-refractivity contribution in [2.24, 2.45) is 0 Å². The van der Waals surface area contributed by atoms with E-state index in [0.717, 1.165) is 5.56 Å². The highest BCUT2D eigenvalue weighted by atomic mass is 35.5. The molecule has 23 heavy (non-hydrogen) atoms. The van der Waals surface area contributed by atoms with Crippen LogP contribution < -0.4 is 5.32 Å². The van der Waals surface area contributed by atoms with Gasteiger partial charge in [-0.2, -0.15) is 0 Å². The molecule has 2 rings (SSSR count). The van der Waals surface area contributed by atoms with Crippen molar-refractivity contribution in [3.8, 4) is 0 Å². The van der Waals surface area contributed by atoms with Crippen molar-refractivity contribution in [1.82, 2.24) is 5.32 Å². The van der Waals surface area contributed by atoms with Gasteiger partial charge in [0.05, 0.1) is 6.10 Å². The van der Waals surface area contributed by atoms with Crippen molar-refractivity contribution in [2.75, 3.05) is 6.54 Å². The first-order chi connectivity index (χ1) is 10.9. The zero-order chi connectivity index (χ0) is 16.9. The van der Waals surface area contributed by atoms with E-state index in [0.29, 0.717) is 10.6 Å². The molecule has 2 aromatic carbocycles. The lowest BCUT2D eigenvalue weighted by atomic mass is 9.95. The summed E-state index contributed by atoms with van der Waals surface area (Å²) in [6.45, 7) is 1.48. The molecule has 2 aromatic rings. The molecule has 0 unspecified atom stereocenters. The van der Waals surface area contributed by atoms with Gasteiger partial charge in [-0.1, -0.05) is 54.1 Å². The topological polar surface area (TPSA) is 69.6 Å². The van der Waals surface area contributed by atoms with Crippen LogP contribution in [0.3, 0.4) is 0 Å². The van der Waals surface area contributed by atoms with Crippen LogP contribution in [0.15, 0.2) is 54.6 Å². The number of amides is 1. The molecule has 0 aliphatic carbocycles.